The predicted molar refractivity (Wildman–Crippen MR) is 101 cm³/mol. The van der Waals surface area contributed by atoms with Crippen molar-refractivity contribution >= 4 is 29.4 Å². The summed E-state index contributed by atoms with van der Waals surface area (Å²) in [4.78, 5) is 36.2. The molecule has 1 heterocycles. The van der Waals surface area contributed by atoms with E-state index in [9.17, 15) is 14.4 Å². The highest BCUT2D eigenvalue weighted by molar-refractivity contribution is 6.27. The van der Waals surface area contributed by atoms with Crippen LogP contribution in [0.25, 0.3) is 0 Å². The molecule has 0 unspecified atom stereocenters. The standard InChI is InChI=1S/C12H22ClNO3.C6H6N2O/c1-12(2,3)17-11(16)14-8-6-4-5-7-10(15)9-13;7-6(9)5-2-1-3-8-4-5/h4-9H2,1-3H3,(H,14,16);1-4H,(H2,7,9). The van der Waals surface area contributed by atoms with Crippen molar-refractivity contribution < 1.29 is 19.1 Å². The molecule has 3 N–H and O–H groups in total. The third kappa shape index (κ3) is 14.2. The number of ketones is 1. The lowest BCUT2D eigenvalue weighted by molar-refractivity contribution is -0.116. The van der Waals surface area contributed by atoms with E-state index < -0.39 is 17.6 Å². The first-order valence-electron chi connectivity index (χ1n) is 8.40. The van der Waals surface area contributed by atoms with Crippen LogP contribution in [0.1, 0.15) is 56.8 Å². The van der Waals surface area contributed by atoms with Gasteiger partial charge in [0.05, 0.1) is 11.4 Å². The molecule has 1 rings (SSSR count). The number of aromatic nitrogens is 1. The van der Waals surface area contributed by atoms with Gasteiger partial charge in [-0.05, 0) is 45.7 Å². The van der Waals surface area contributed by atoms with Crippen LogP contribution in [0.2, 0.25) is 0 Å². The van der Waals surface area contributed by atoms with Crippen LogP contribution in [0.15, 0.2) is 24.5 Å². The zero-order chi connectivity index (χ0) is 20.0. The molecule has 0 radical (unpaired) electrons. The quantitative estimate of drug-likeness (QED) is 0.527. The Morgan fingerprint density at radius 3 is 2.38 bits per heavy atom. The van der Waals surface area contributed by atoms with Crippen molar-refractivity contribution in [3.8, 4) is 0 Å². The van der Waals surface area contributed by atoms with Crippen LogP contribution in [0.3, 0.4) is 0 Å². The Bertz CT molecular complexity index is 559. The summed E-state index contributed by atoms with van der Waals surface area (Å²) in [7, 11) is 0. The Morgan fingerprint density at radius 2 is 1.92 bits per heavy atom. The second kappa shape index (κ2) is 13.1. The molecule has 146 valence electrons. The number of primary amides is 1. The molecule has 0 aliphatic rings. The monoisotopic (exact) mass is 385 g/mol. The van der Waals surface area contributed by atoms with Crippen molar-refractivity contribution in [2.24, 2.45) is 5.73 Å². The van der Waals surface area contributed by atoms with Gasteiger partial charge in [0.1, 0.15) is 11.4 Å². The van der Waals surface area contributed by atoms with Gasteiger partial charge in [0.25, 0.3) is 0 Å². The first-order valence-corrected chi connectivity index (χ1v) is 8.93. The highest BCUT2D eigenvalue weighted by Gasteiger charge is 2.15. The maximum absolute atomic E-state index is 11.2. The number of unbranched alkanes of at least 4 members (excludes halogenated alkanes) is 2. The molecule has 0 aliphatic heterocycles. The average Bonchev–Trinajstić information content (AvgIpc) is 2.57. The normalized spacial score (nSPS) is 10.3. The number of alkyl halides is 1. The first kappa shape index (κ1) is 23.9. The lowest BCUT2D eigenvalue weighted by Gasteiger charge is -2.19. The number of rotatable bonds is 8. The number of nitrogens with one attached hydrogen (secondary N) is 1. The maximum Gasteiger partial charge on any atom is 0.407 e. The van der Waals surface area contributed by atoms with Gasteiger partial charge in [-0.25, -0.2) is 4.79 Å². The highest BCUT2D eigenvalue weighted by atomic mass is 35.5. The SMILES string of the molecule is CC(C)(C)OC(=O)NCCCCCC(=O)CCl.NC(=O)c1cccnc1. The van der Waals surface area contributed by atoms with Crippen LogP contribution in [-0.2, 0) is 9.53 Å². The fourth-order valence-electron chi connectivity index (χ4n) is 1.70. The number of pyridine rings is 1. The number of hydrogen-bond donors (Lipinski definition) is 2. The number of carbonyl (C=O) groups is 3. The van der Waals surface area contributed by atoms with E-state index >= 15 is 0 Å². The largest absolute Gasteiger partial charge is 0.444 e. The van der Waals surface area contributed by atoms with Gasteiger partial charge in [-0.2, -0.15) is 0 Å². The van der Waals surface area contributed by atoms with Gasteiger partial charge in [0.15, 0.2) is 0 Å². The Balaban J connectivity index is 0.000000577. The van der Waals surface area contributed by atoms with E-state index in [1.807, 2.05) is 20.8 Å². The summed E-state index contributed by atoms with van der Waals surface area (Å²) in [6, 6.07) is 3.29. The number of halogens is 1. The van der Waals surface area contributed by atoms with Crippen molar-refractivity contribution in [2.45, 2.75) is 52.1 Å². The minimum atomic E-state index is -0.461. The molecule has 0 bridgehead atoms. The summed E-state index contributed by atoms with van der Waals surface area (Å²) in [6.07, 6.45) is 5.72. The molecule has 0 fully saturated rings. The molecule has 7 nitrogen and oxygen atoms in total. The summed E-state index contributed by atoms with van der Waals surface area (Å²) in [5, 5.41) is 2.67. The van der Waals surface area contributed by atoms with E-state index in [4.69, 9.17) is 22.1 Å². The molecule has 0 saturated heterocycles. The number of nitrogens with zero attached hydrogens (tertiary/aromatic N) is 1. The predicted octanol–water partition coefficient (Wildman–Crippen LogP) is 3.06. The van der Waals surface area contributed by atoms with Gasteiger partial charge in [-0.1, -0.05) is 6.42 Å². The molecular weight excluding hydrogens is 358 g/mol. The first-order chi connectivity index (χ1) is 12.2. The second-order valence-corrected chi connectivity index (χ2v) is 6.78. The molecule has 1 aromatic rings. The third-order valence-electron chi connectivity index (χ3n) is 2.90. The van der Waals surface area contributed by atoms with Crippen LogP contribution in [0.4, 0.5) is 4.79 Å². The molecule has 8 heteroatoms. The topological polar surface area (TPSA) is 111 Å². The molecule has 1 aromatic heterocycles. The average molecular weight is 386 g/mol. The molecule has 0 aromatic carbocycles. The fourth-order valence-corrected chi connectivity index (χ4v) is 1.84. The van der Waals surface area contributed by atoms with Gasteiger partial charge < -0.3 is 15.8 Å². The second-order valence-electron chi connectivity index (χ2n) is 6.52. The Morgan fingerprint density at radius 1 is 1.23 bits per heavy atom. The number of carbonyl (C=O) groups excluding carboxylic acids is 3. The van der Waals surface area contributed by atoms with Gasteiger partial charge in [0, 0.05) is 25.4 Å². The van der Waals surface area contributed by atoms with E-state index in [0.717, 1.165) is 19.3 Å². The highest BCUT2D eigenvalue weighted by Crippen LogP contribution is 2.06. The van der Waals surface area contributed by atoms with Gasteiger partial charge in [-0.3, -0.25) is 14.6 Å². The summed E-state index contributed by atoms with van der Waals surface area (Å²) in [5.74, 6) is -0.272. The summed E-state index contributed by atoms with van der Waals surface area (Å²) in [6.45, 7) is 6.04. The fraction of sp³-hybridized carbons (Fsp3) is 0.556. The summed E-state index contributed by atoms with van der Waals surface area (Å²) < 4.78 is 5.08. The van der Waals surface area contributed by atoms with Gasteiger partial charge in [-0.15, -0.1) is 11.6 Å². The van der Waals surface area contributed by atoms with E-state index in [-0.39, 0.29) is 11.7 Å². The van der Waals surface area contributed by atoms with E-state index in [1.54, 1.807) is 18.3 Å². The Hall–Kier alpha value is -2.15. The lowest BCUT2D eigenvalue weighted by atomic mass is 10.1. The molecule has 2 amide bonds. The minimum absolute atomic E-state index is 0.0757. The van der Waals surface area contributed by atoms with Crippen molar-refractivity contribution in [1.29, 1.82) is 0 Å². The smallest absolute Gasteiger partial charge is 0.407 e. The number of amides is 2. The van der Waals surface area contributed by atoms with E-state index in [1.165, 1.54) is 6.20 Å². The van der Waals surface area contributed by atoms with Crippen LogP contribution in [0, 0.1) is 0 Å². The summed E-state index contributed by atoms with van der Waals surface area (Å²) >= 11 is 5.37. The van der Waals surface area contributed by atoms with Crippen LogP contribution in [0.5, 0.6) is 0 Å². The number of alkyl carbamates (subject to hydrolysis) is 1. The van der Waals surface area contributed by atoms with Crippen molar-refractivity contribution in [3.05, 3.63) is 30.1 Å². The number of hydrogen-bond acceptors (Lipinski definition) is 5. The third-order valence-corrected chi connectivity index (χ3v) is 3.19. The number of ether oxygens (including phenoxy) is 1. The Labute approximate surface area is 159 Å². The van der Waals surface area contributed by atoms with Crippen LogP contribution in [-0.4, -0.2) is 40.8 Å². The molecule has 26 heavy (non-hydrogen) atoms. The lowest BCUT2D eigenvalue weighted by Crippen LogP contribution is -2.32. The molecular formula is C18H28ClN3O4. The van der Waals surface area contributed by atoms with Crippen molar-refractivity contribution in [1.82, 2.24) is 10.3 Å². The van der Waals surface area contributed by atoms with E-state index in [2.05, 4.69) is 10.3 Å². The molecule has 0 aliphatic carbocycles. The molecule has 0 atom stereocenters. The minimum Gasteiger partial charge on any atom is -0.444 e. The van der Waals surface area contributed by atoms with Gasteiger partial charge in [0.2, 0.25) is 5.91 Å². The van der Waals surface area contributed by atoms with Crippen molar-refractivity contribution in [3.63, 3.8) is 0 Å². The van der Waals surface area contributed by atoms with Gasteiger partial charge >= 0.3 is 6.09 Å². The Kier molecular flexibility index (Phi) is 12.0. The maximum atomic E-state index is 11.2. The number of Topliss-reactive ketones (excluding diaryl/α,β-unsaturated/α-hetero) is 1. The van der Waals surface area contributed by atoms with Crippen LogP contribution < -0.4 is 11.1 Å². The summed E-state index contributed by atoms with van der Waals surface area (Å²) in [5.41, 5.74) is 4.92. The zero-order valence-electron chi connectivity index (χ0n) is 15.6. The zero-order valence-corrected chi connectivity index (χ0v) is 16.3. The van der Waals surface area contributed by atoms with E-state index in [0.29, 0.717) is 18.5 Å². The molecule has 0 spiro atoms. The van der Waals surface area contributed by atoms with Crippen LogP contribution >= 0.6 is 11.6 Å². The molecule has 0 saturated carbocycles. The number of nitrogens with two attached hydrogens (primary N) is 1. The van der Waals surface area contributed by atoms with Crippen molar-refractivity contribution in [2.75, 3.05) is 12.4 Å².